The van der Waals surface area contributed by atoms with E-state index in [9.17, 15) is 13.6 Å². The zero-order valence-corrected chi connectivity index (χ0v) is 11.6. The molecule has 112 valence electrons. The highest BCUT2D eigenvalue weighted by molar-refractivity contribution is 5.92. The number of benzene rings is 1. The summed E-state index contributed by atoms with van der Waals surface area (Å²) in [6, 6.07) is 9.92. The number of nitrogens with one attached hydrogen (secondary N) is 1. The van der Waals surface area contributed by atoms with Crippen molar-refractivity contribution in [2.75, 3.05) is 6.54 Å². The number of carbonyl (C=O) groups is 1. The largest absolute Gasteiger partial charge is 0.435 e. The molecule has 0 aliphatic heterocycles. The van der Waals surface area contributed by atoms with E-state index in [1.807, 2.05) is 0 Å². The van der Waals surface area contributed by atoms with Crippen LogP contribution >= 0.6 is 0 Å². The minimum Gasteiger partial charge on any atom is -0.435 e. The van der Waals surface area contributed by atoms with Gasteiger partial charge in [-0.2, -0.15) is 8.78 Å². The maximum absolute atomic E-state index is 12.0. The van der Waals surface area contributed by atoms with Crippen LogP contribution in [0.25, 0.3) is 0 Å². The Morgan fingerprint density at radius 3 is 2.57 bits per heavy atom. The Morgan fingerprint density at radius 1 is 1.29 bits per heavy atom. The highest BCUT2D eigenvalue weighted by atomic mass is 19.3. The molecule has 1 amide bonds. The number of rotatable bonds is 6. The van der Waals surface area contributed by atoms with E-state index in [0.717, 1.165) is 5.56 Å². The normalized spacial score (nSPS) is 10.7. The molecule has 0 spiro atoms. The van der Waals surface area contributed by atoms with E-state index in [1.54, 1.807) is 42.1 Å². The van der Waals surface area contributed by atoms with Gasteiger partial charge >= 0.3 is 6.61 Å². The van der Waals surface area contributed by atoms with Crippen LogP contribution in [0.3, 0.4) is 0 Å². The zero-order chi connectivity index (χ0) is 15.2. The Bertz CT molecular complexity index is 594. The molecule has 2 aromatic rings. The molecule has 21 heavy (non-hydrogen) atoms. The monoisotopic (exact) mass is 294 g/mol. The van der Waals surface area contributed by atoms with Crippen LogP contribution < -0.4 is 10.1 Å². The number of amides is 1. The quantitative estimate of drug-likeness (QED) is 0.890. The number of ether oxygens (including phenoxy) is 1. The number of alkyl halides is 2. The second-order valence-electron chi connectivity index (χ2n) is 4.53. The lowest BCUT2D eigenvalue weighted by Gasteiger charge is -2.07. The van der Waals surface area contributed by atoms with Gasteiger partial charge in [-0.1, -0.05) is 12.1 Å². The Hall–Kier alpha value is -2.37. The first-order valence-corrected chi connectivity index (χ1v) is 6.49. The Kier molecular flexibility index (Phi) is 4.92. The van der Waals surface area contributed by atoms with Gasteiger partial charge in [-0.25, -0.2) is 0 Å². The molecule has 1 aromatic carbocycles. The van der Waals surface area contributed by atoms with Crippen molar-refractivity contribution < 1.29 is 18.3 Å². The van der Waals surface area contributed by atoms with Gasteiger partial charge in [-0.05, 0) is 36.2 Å². The highest BCUT2D eigenvalue weighted by Crippen LogP contribution is 2.15. The van der Waals surface area contributed by atoms with Gasteiger partial charge in [-0.3, -0.25) is 4.79 Å². The topological polar surface area (TPSA) is 43.3 Å². The van der Waals surface area contributed by atoms with Crippen molar-refractivity contribution in [1.82, 2.24) is 9.88 Å². The van der Waals surface area contributed by atoms with Crippen molar-refractivity contribution in [2.45, 2.75) is 13.0 Å². The third-order valence-electron chi connectivity index (χ3n) is 3.02. The molecule has 0 aliphatic rings. The van der Waals surface area contributed by atoms with E-state index in [-0.39, 0.29) is 11.7 Å². The van der Waals surface area contributed by atoms with E-state index in [1.165, 1.54) is 12.1 Å². The van der Waals surface area contributed by atoms with Gasteiger partial charge in [0.25, 0.3) is 5.91 Å². The lowest BCUT2D eigenvalue weighted by atomic mass is 10.1. The fourth-order valence-electron chi connectivity index (χ4n) is 1.95. The summed E-state index contributed by atoms with van der Waals surface area (Å²) in [4.78, 5) is 11.9. The lowest BCUT2D eigenvalue weighted by molar-refractivity contribution is -0.0498. The summed E-state index contributed by atoms with van der Waals surface area (Å²) in [5.74, 6) is -0.0123. The second-order valence-corrected chi connectivity index (χ2v) is 4.53. The first-order chi connectivity index (χ1) is 10.1. The summed E-state index contributed by atoms with van der Waals surface area (Å²) in [5, 5.41) is 2.81. The number of hydrogen-bond donors (Lipinski definition) is 1. The standard InChI is InChI=1S/C15H16F2N2O2/c1-19-10-2-3-13(19)14(20)18-9-8-11-4-6-12(7-5-11)21-15(16)17/h2-7,10,15H,8-9H2,1H3,(H,18,20). The Morgan fingerprint density at radius 2 is 2.00 bits per heavy atom. The molecule has 0 bridgehead atoms. The minimum absolute atomic E-state index is 0.126. The van der Waals surface area contributed by atoms with Crippen LogP contribution in [-0.4, -0.2) is 23.6 Å². The fourth-order valence-corrected chi connectivity index (χ4v) is 1.95. The van der Waals surface area contributed by atoms with Crippen molar-refractivity contribution in [1.29, 1.82) is 0 Å². The van der Waals surface area contributed by atoms with E-state index < -0.39 is 6.61 Å². The summed E-state index contributed by atoms with van der Waals surface area (Å²) in [5.41, 5.74) is 1.53. The van der Waals surface area contributed by atoms with Crippen molar-refractivity contribution in [3.63, 3.8) is 0 Å². The summed E-state index contributed by atoms with van der Waals surface area (Å²) < 4.78 is 30.0. The molecule has 0 unspecified atom stereocenters. The number of aryl methyl sites for hydroxylation is 1. The maximum atomic E-state index is 12.0. The van der Waals surface area contributed by atoms with Crippen molar-refractivity contribution in [3.8, 4) is 5.75 Å². The van der Waals surface area contributed by atoms with Crippen molar-refractivity contribution in [2.24, 2.45) is 7.05 Å². The van der Waals surface area contributed by atoms with Crippen LogP contribution in [0, 0.1) is 0 Å². The van der Waals surface area contributed by atoms with Gasteiger partial charge in [0.15, 0.2) is 0 Å². The number of nitrogens with zero attached hydrogens (tertiary/aromatic N) is 1. The van der Waals surface area contributed by atoms with Gasteiger partial charge < -0.3 is 14.6 Å². The lowest BCUT2D eigenvalue weighted by Crippen LogP contribution is -2.27. The SMILES string of the molecule is Cn1cccc1C(=O)NCCc1ccc(OC(F)F)cc1. The van der Waals surface area contributed by atoms with Gasteiger partial charge in [-0.15, -0.1) is 0 Å². The molecule has 6 heteroatoms. The molecular weight excluding hydrogens is 278 g/mol. The van der Waals surface area contributed by atoms with E-state index in [4.69, 9.17) is 0 Å². The summed E-state index contributed by atoms with van der Waals surface area (Å²) in [6.07, 6.45) is 2.42. The first kappa shape index (κ1) is 15.0. The summed E-state index contributed by atoms with van der Waals surface area (Å²) >= 11 is 0. The molecule has 1 N–H and O–H groups in total. The molecule has 1 heterocycles. The minimum atomic E-state index is -2.82. The number of hydrogen-bond acceptors (Lipinski definition) is 2. The predicted molar refractivity (Wildman–Crippen MR) is 74.5 cm³/mol. The van der Waals surface area contributed by atoms with Crippen LogP contribution in [0.5, 0.6) is 5.75 Å². The van der Waals surface area contributed by atoms with Gasteiger partial charge in [0.2, 0.25) is 0 Å². The smallest absolute Gasteiger partial charge is 0.387 e. The van der Waals surface area contributed by atoms with E-state index in [2.05, 4.69) is 10.1 Å². The first-order valence-electron chi connectivity index (χ1n) is 6.49. The van der Waals surface area contributed by atoms with Crippen molar-refractivity contribution >= 4 is 5.91 Å². The third kappa shape index (κ3) is 4.30. The average Bonchev–Trinajstić information content (AvgIpc) is 2.86. The second kappa shape index (κ2) is 6.88. The van der Waals surface area contributed by atoms with Crippen molar-refractivity contribution in [3.05, 3.63) is 53.9 Å². The molecule has 0 radical (unpaired) electrons. The molecule has 0 aliphatic carbocycles. The molecule has 0 atom stereocenters. The van der Waals surface area contributed by atoms with Gasteiger partial charge in [0, 0.05) is 19.8 Å². The highest BCUT2D eigenvalue weighted by Gasteiger charge is 2.08. The van der Waals surface area contributed by atoms with E-state index >= 15 is 0 Å². The van der Waals surface area contributed by atoms with Crippen LogP contribution in [0.4, 0.5) is 8.78 Å². The van der Waals surface area contributed by atoms with Crippen LogP contribution in [0.2, 0.25) is 0 Å². The predicted octanol–water partition coefficient (Wildman–Crippen LogP) is 2.60. The number of halogens is 2. The summed E-state index contributed by atoms with van der Waals surface area (Å²) in [7, 11) is 1.80. The molecule has 4 nitrogen and oxygen atoms in total. The Balaban J connectivity index is 1.81. The molecule has 2 rings (SSSR count). The average molecular weight is 294 g/mol. The Labute approximate surface area is 121 Å². The maximum Gasteiger partial charge on any atom is 0.387 e. The number of aromatic nitrogens is 1. The zero-order valence-electron chi connectivity index (χ0n) is 11.6. The van der Waals surface area contributed by atoms with Crippen LogP contribution in [0.1, 0.15) is 16.1 Å². The van der Waals surface area contributed by atoms with Gasteiger partial charge in [0.05, 0.1) is 0 Å². The molecule has 0 saturated carbocycles. The molecule has 1 aromatic heterocycles. The van der Waals surface area contributed by atoms with Crippen LogP contribution in [0.15, 0.2) is 42.6 Å². The number of carbonyl (C=O) groups excluding carboxylic acids is 1. The third-order valence-corrected chi connectivity index (χ3v) is 3.02. The van der Waals surface area contributed by atoms with Crippen LogP contribution in [-0.2, 0) is 13.5 Å². The molecule has 0 saturated heterocycles. The molecular formula is C15H16F2N2O2. The summed E-state index contributed by atoms with van der Waals surface area (Å²) in [6.45, 7) is -2.35. The van der Waals surface area contributed by atoms with Gasteiger partial charge in [0.1, 0.15) is 11.4 Å². The molecule has 0 fully saturated rings. The van der Waals surface area contributed by atoms with E-state index in [0.29, 0.717) is 18.7 Å². The fraction of sp³-hybridized carbons (Fsp3) is 0.267.